The number of pyridine rings is 1. The molecule has 0 saturated heterocycles. The van der Waals surface area contributed by atoms with Crippen LogP contribution in [0.25, 0.3) is 11.5 Å². The van der Waals surface area contributed by atoms with Gasteiger partial charge in [0.2, 0.25) is 5.28 Å². The number of halogens is 6. The van der Waals surface area contributed by atoms with Gasteiger partial charge in [-0.3, -0.25) is 4.57 Å². The van der Waals surface area contributed by atoms with Crippen LogP contribution < -0.4 is 10.3 Å². The van der Waals surface area contributed by atoms with E-state index in [-0.39, 0.29) is 33.6 Å². The molecule has 2 N–H and O–H groups in total. The van der Waals surface area contributed by atoms with E-state index < -0.39 is 31.7 Å². The standard InChI is InChI=1S/C17H14Cl3F3N6O2S/c1-8(2)29-15(26-27-16(29)20)14-13(5-9(18)7-24-14)25-28-32(30,31)10-3-4-12(19)11(6-10)17(21,22)23/h3-8,25,28H,1-2H3. The third-order valence-corrected chi connectivity index (χ3v) is 6.15. The third kappa shape index (κ3) is 5.09. The van der Waals surface area contributed by atoms with Crippen LogP contribution in [0.15, 0.2) is 35.4 Å². The van der Waals surface area contributed by atoms with Gasteiger partial charge in [-0.25, -0.2) is 13.4 Å². The predicted octanol–water partition coefficient (Wildman–Crippen LogP) is 5.21. The summed E-state index contributed by atoms with van der Waals surface area (Å²) >= 11 is 17.6. The summed E-state index contributed by atoms with van der Waals surface area (Å²) in [5.74, 6) is 0.217. The molecule has 3 aromatic rings. The minimum absolute atomic E-state index is 0.0667. The van der Waals surface area contributed by atoms with Gasteiger partial charge >= 0.3 is 6.18 Å². The van der Waals surface area contributed by atoms with Gasteiger partial charge in [-0.05, 0) is 49.7 Å². The number of hydrazine groups is 1. The van der Waals surface area contributed by atoms with Crippen molar-refractivity contribution >= 4 is 50.5 Å². The van der Waals surface area contributed by atoms with Crippen molar-refractivity contribution in [1.82, 2.24) is 24.6 Å². The van der Waals surface area contributed by atoms with Crippen molar-refractivity contribution in [3.63, 3.8) is 0 Å². The summed E-state index contributed by atoms with van der Waals surface area (Å²) in [4.78, 5) is 5.50. The lowest BCUT2D eigenvalue weighted by atomic mass is 10.2. The minimum atomic E-state index is -4.83. The maximum absolute atomic E-state index is 13.1. The van der Waals surface area contributed by atoms with Crippen LogP contribution in [0.3, 0.4) is 0 Å². The molecule has 15 heteroatoms. The van der Waals surface area contributed by atoms with Gasteiger partial charge in [0, 0.05) is 12.2 Å². The molecular formula is C17H14Cl3F3N6O2S. The van der Waals surface area contributed by atoms with E-state index in [1.807, 2.05) is 18.7 Å². The monoisotopic (exact) mass is 528 g/mol. The number of hydrogen-bond acceptors (Lipinski definition) is 6. The fourth-order valence-electron chi connectivity index (χ4n) is 2.67. The summed E-state index contributed by atoms with van der Waals surface area (Å²) in [5, 5.41) is 7.37. The van der Waals surface area contributed by atoms with E-state index in [0.717, 1.165) is 12.1 Å². The Labute approximate surface area is 195 Å². The maximum atomic E-state index is 13.1. The van der Waals surface area contributed by atoms with Crippen molar-refractivity contribution in [1.29, 1.82) is 0 Å². The van der Waals surface area contributed by atoms with Crippen molar-refractivity contribution in [3.8, 4) is 11.5 Å². The van der Waals surface area contributed by atoms with Gasteiger partial charge in [-0.15, -0.1) is 15.0 Å². The first kappa shape index (κ1) is 24.5. The summed E-state index contributed by atoms with van der Waals surface area (Å²) in [6.45, 7) is 3.65. The normalized spacial score (nSPS) is 12.4. The number of sulfonamides is 1. The number of anilines is 1. The van der Waals surface area contributed by atoms with E-state index in [0.29, 0.717) is 6.07 Å². The van der Waals surface area contributed by atoms with E-state index in [9.17, 15) is 21.6 Å². The second-order valence-corrected chi connectivity index (χ2v) is 9.54. The van der Waals surface area contributed by atoms with Crippen LogP contribution in [0, 0.1) is 0 Å². The van der Waals surface area contributed by atoms with E-state index >= 15 is 0 Å². The topological polar surface area (TPSA) is 102 Å². The molecule has 0 saturated carbocycles. The van der Waals surface area contributed by atoms with E-state index in [2.05, 4.69) is 20.6 Å². The van der Waals surface area contributed by atoms with Gasteiger partial charge in [-0.1, -0.05) is 23.2 Å². The molecule has 0 unspecified atom stereocenters. The molecular weight excluding hydrogens is 516 g/mol. The fraction of sp³-hybridized carbons (Fsp3) is 0.235. The first-order valence-corrected chi connectivity index (χ1v) is 11.3. The van der Waals surface area contributed by atoms with Crippen LogP contribution in [-0.2, 0) is 16.2 Å². The number of nitrogens with one attached hydrogen (secondary N) is 2. The molecule has 0 aliphatic rings. The summed E-state index contributed by atoms with van der Waals surface area (Å²) < 4.78 is 66.1. The zero-order chi connectivity index (χ0) is 23.8. The van der Waals surface area contributed by atoms with Crippen LogP contribution in [0.2, 0.25) is 15.3 Å². The highest BCUT2D eigenvalue weighted by Crippen LogP contribution is 2.36. The average Bonchev–Trinajstić information content (AvgIpc) is 3.07. The lowest BCUT2D eigenvalue weighted by Crippen LogP contribution is -2.30. The van der Waals surface area contributed by atoms with E-state index in [1.54, 1.807) is 4.57 Å². The van der Waals surface area contributed by atoms with Gasteiger partial charge in [0.1, 0.15) is 5.69 Å². The van der Waals surface area contributed by atoms with Crippen LogP contribution in [0.5, 0.6) is 0 Å². The van der Waals surface area contributed by atoms with Gasteiger partial charge in [0.25, 0.3) is 10.0 Å². The Balaban J connectivity index is 1.97. The van der Waals surface area contributed by atoms with E-state index in [1.165, 1.54) is 12.3 Å². The number of alkyl halides is 3. The molecule has 0 bridgehead atoms. The number of aromatic nitrogens is 4. The molecule has 2 heterocycles. The van der Waals surface area contributed by atoms with Crippen LogP contribution in [0.4, 0.5) is 18.9 Å². The fourth-order valence-corrected chi connectivity index (χ4v) is 4.25. The van der Waals surface area contributed by atoms with Crippen molar-refractivity contribution in [3.05, 3.63) is 51.4 Å². The zero-order valence-corrected chi connectivity index (χ0v) is 19.3. The van der Waals surface area contributed by atoms with Gasteiger partial charge < -0.3 is 5.43 Å². The summed E-state index contributed by atoms with van der Waals surface area (Å²) in [7, 11) is -4.45. The zero-order valence-electron chi connectivity index (χ0n) is 16.2. The second-order valence-electron chi connectivity index (χ2n) is 6.68. The molecule has 0 radical (unpaired) electrons. The molecule has 2 aromatic heterocycles. The van der Waals surface area contributed by atoms with Gasteiger partial charge in [0.15, 0.2) is 5.82 Å². The largest absolute Gasteiger partial charge is 0.417 e. The van der Waals surface area contributed by atoms with Crippen molar-refractivity contribution in [2.45, 2.75) is 31.0 Å². The first-order chi connectivity index (χ1) is 14.8. The van der Waals surface area contributed by atoms with Crippen LogP contribution in [0.1, 0.15) is 25.5 Å². The van der Waals surface area contributed by atoms with Crippen molar-refractivity contribution < 1.29 is 21.6 Å². The van der Waals surface area contributed by atoms with Crippen LogP contribution >= 0.6 is 34.8 Å². The smallest absolute Gasteiger partial charge is 0.305 e. The minimum Gasteiger partial charge on any atom is -0.305 e. The summed E-state index contributed by atoms with van der Waals surface area (Å²) in [6, 6.07) is 3.40. The molecule has 3 rings (SSSR count). The molecule has 172 valence electrons. The maximum Gasteiger partial charge on any atom is 0.417 e. The average molecular weight is 530 g/mol. The molecule has 32 heavy (non-hydrogen) atoms. The molecule has 0 aliphatic heterocycles. The lowest BCUT2D eigenvalue weighted by molar-refractivity contribution is -0.137. The Morgan fingerprint density at radius 2 is 1.78 bits per heavy atom. The summed E-state index contributed by atoms with van der Waals surface area (Å²) in [5.41, 5.74) is 1.35. The highest BCUT2D eigenvalue weighted by Gasteiger charge is 2.34. The van der Waals surface area contributed by atoms with Crippen molar-refractivity contribution in [2.24, 2.45) is 0 Å². The highest BCUT2D eigenvalue weighted by molar-refractivity contribution is 7.89. The molecule has 0 aliphatic carbocycles. The third-order valence-electron chi connectivity index (χ3n) is 4.11. The lowest BCUT2D eigenvalue weighted by Gasteiger charge is -2.16. The molecule has 8 nitrogen and oxygen atoms in total. The molecule has 0 amide bonds. The molecule has 0 spiro atoms. The quantitative estimate of drug-likeness (QED) is 0.425. The Morgan fingerprint density at radius 1 is 1.09 bits per heavy atom. The Bertz CT molecular complexity index is 1260. The van der Waals surface area contributed by atoms with Gasteiger partial charge in [-0.2, -0.15) is 13.2 Å². The predicted molar refractivity (Wildman–Crippen MR) is 114 cm³/mol. The summed E-state index contributed by atoms with van der Waals surface area (Å²) in [6.07, 6.45) is -3.53. The SMILES string of the molecule is CC(C)n1c(Cl)nnc1-c1ncc(Cl)cc1NNS(=O)(=O)c1ccc(Cl)c(C(F)(F)F)c1. The van der Waals surface area contributed by atoms with Crippen LogP contribution in [-0.4, -0.2) is 28.2 Å². The molecule has 0 fully saturated rings. The first-order valence-electron chi connectivity index (χ1n) is 8.72. The Kier molecular flexibility index (Phi) is 6.91. The van der Waals surface area contributed by atoms with Crippen molar-refractivity contribution in [2.75, 3.05) is 5.43 Å². The molecule has 0 atom stereocenters. The Morgan fingerprint density at radius 3 is 2.41 bits per heavy atom. The molecule has 1 aromatic carbocycles. The number of rotatable bonds is 6. The Hall–Kier alpha value is -2.12. The second kappa shape index (κ2) is 9.02. The van der Waals surface area contributed by atoms with E-state index in [4.69, 9.17) is 34.8 Å². The highest BCUT2D eigenvalue weighted by atomic mass is 35.5. The number of nitrogens with zero attached hydrogens (tertiary/aromatic N) is 4. The number of benzene rings is 1. The number of hydrogen-bond donors (Lipinski definition) is 2. The van der Waals surface area contributed by atoms with Gasteiger partial charge in [0.05, 0.1) is 26.2 Å².